The molecule has 2 aliphatic rings. The van der Waals surface area contributed by atoms with Gasteiger partial charge in [0.05, 0.1) is 0 Å². The molecule has 1 aromatic rings. The lowest BCUT2D eigenvalue weighted by atomic mass is 9.96. The third kappa shape index (κ3) is 4.29. The third-order valence-electron chi connectivity index (χ3n) is 5.14. The van der Waals surface area contributed by atoms with Crippen LogP contribution in [0.25, 0.3) is 0 Å². The minimum absolute atomic E-state index is 0.0848. The van der Waals surface area contributed by atoms with E-state index in [1.807, 2.05) is 4.90 Å². The zero-order valence-electron chi connectivity index (χ0n) is 13.7. The number of amides is 1. The van der Waals surface area contributed by atoms with Crippen LogP contribution in [0.3, 0.4) is 0 Å². The van der Waals surface area contributed by atoms with Crippen LogP contribution in [-0.2, 0) is 11.3 Å². The van der Waals surface area contributed by atoms with Gasteiger partial charge >= 0.3 is 0 Å². The molecular formula is C16H27N5O2. The average molecular weight is 321 g/mol. The molecule has 1 amide bonds. The Balaban J connectivity index is 1.55. The second-order valence-electron chi connectivity index (χ2n) is 6.85. The minimum Gasteiger partial charge on any atom is -0.396 e. The van der Waals surface area contributed by atoms with Crippen LogP contribution in [-0.4, -0.2) is 74.9 Å². The summed E-state index contributed by atoms with van der Waals surface area (Å²) in [4.78, 5) is 16.8. The van der Waals surface area contributed by atoms with E-state index in [0.717, 1.165) is 26.2 Å². The lowest BCUT2D eigenvalue weighted by Gasteiger charge is -2.26. The molecule has 2 fully saturated rings. The zero-order chi connectivity index (χ0) is 16.1. The van der Waals surface area contributed by atoms with E-state index in [4.69, 9.17) is 0 Å². The van der Waals surface area contributed by atoms with Crippen LogP contribution in [0, 0.1) is 11.8 Å². The minimum atomic E-state index is 0.0848. The van der Waals surface area contributed by atoms with Gasteiger partial charge in [-0.05, 0) is 31.8 Å². The molecule has 0 radical (unpaired) electrons. The monoisotopic (exact) mass is 321 g/mol. The van der Waals surface area contributed by atoms with Gasteiger partial charge in [-0.3, -0.25) is 4.79 Å². The molecule has 7 heteroatoms. The number of aliphatic hydroxyl groups excluding tert-OH is 1. The predicted molar refractivity (Wildman–Crippen MR) is 85.6 cm³/mol. The van der Waals surface area contributed by atoms with Crippen LogP contribution in [0.4, 0.5) is 0 Å². The largest absolute Gasteiger partial charge is 0.396 e. The molecule has 1 N–H and O–H groups in total. The molecule has 128 valence electrons. The Morgan fingerprint density at radius 3 is 2.35 bits per heavy atom. The summed E-state index contributed by atoms with van der Waals surface area (Å²) in [6.07, 6.45) is 8.32. The Bertz CT molecular complexity index is 485. The van der Waals surface area contributed by atoms with Crippen molar-refractivity contribution in [2.75, 3.05) is 39.3 Å². The van der Waals surface area contributed by atoms with E-state index in [-0.39, 0.29) is 25.0 Å². The van der Waals surface area contributed by atoms with Crippen LogP contribution in [0.15, 0.2) is 12.7 Å². The van der Waals surface area contributed by atoms with Gasteiger partial charge in [0, 0.05) is 32.2 Å². The standard InChI is InChI=1S/C16H27N5O2/c22-11-15-9-21(16(23)10-20-12-17-18-13-20)8-14(15)7-19-5-3-1-2-4-6-19/h12-15,22H,1-11H2. The number of carbonyl (C=O) groups excluding carboxylic acids is 1. The van der Waals surface area contributed by atoms with Crippen LogP contribution in [0.1, 0.15) is 25.7 Å². The summed E-state index contributed by atoms with van der Waals surface area (Å²) in [7, 11) is 0. The average Bonchev–Trinajstić information content (AvgIpc) is 3.12. The molecule has 23 heavy (non-hydrogen) atoms. The molecule has 0 aliphatic carbocycles. The van der Waals surface area contributed by atoms with Gasteiger partial charge in [-0.2, -0.15) is 0 Å². The highest BCUT2D eigenvalue weighted by atomic mass is 16.3. The Morgan fingerprint density at radius 1 is 1.04 bits per heavy atom. The van der Waals surface area contributed by atoms with Crippen molar-refractivity contribution in [2.45, 2.75) is 32.2 Å². The van der Waals surface area contributed by atoms with E-state index in [1.54, 1.807) is 17.2 Å². The topological polar surface area (TPSA) is 74.5 Å². The smallest absolute Gasteiger partial charge is 0.242 e. The molecule has 0 saturated carbocycles. The Hall–Kier alpha value is -1.47. The molecule has 1 aromatic heterocycles. The molecule has 3 rings (SSSR count). The fourth-order valence-corrected chi connectivity index (χ4v) is 3.77. The van der Waals surface area contributed by atoms with Crippen molar-refractivity contribution < 1.29 is 9.90 Å². The van der Waals surface area contributed by atoms with Gasteiger partial charge in [-0.15, -0.1) is 10.2 Å². The molecule has 2 unspecified atom stereocenters. The third-order valence-corrected chi connectivity index (χ3v) is 5.14. The second kappa shape index (κ2) is 7.88. The first kappa shape index (κ1) is 16.4. The molecule has 0 aromatic carbocycles. The highest BCUT2D eigenvalue weighted by Crippen LogP contribution is 2.25. The van der Waals surface area contributed by atoms with E-state index in [2.05, 4.69) is 15.1 Å². The van der Waals surface area contributed by atoms with Crippen molar-refractivity contribution in [1.82, 2.24) is 24.6 Å². The predicted octanol–water partition coefficient (Wildman–Crippen LogP) is 0.221. The van der Waals surface area contributed by atoms with E-state index in [1.165, 1.54) is 25.7 Å². The number of likely N-dealkylation sites (tertiary alicyclic amines) is 2. The molecule has 0 bridgehead atoms. The van der Waals surface area contributed by atoms with Crippen molar-refractivity contribution in [1.29, 1.82) is 0 Å². The SMILES string of the molecule is O=C(Cn1cnnc1)N1CC(CO)C(CN2CCCCCC2)C1. The fourth-order valence-electron chi connectivity index (χ4n) is 3.77. The first-order valence-corrected chi connectivity index (χ1v) is 8.69. The van der Waals surface area contributed by atoms with Gasteiger partial charge < -0.3 is 19.5 Å². The van der Waals surface area contributed by atoms with E-state index in [0.29, 0.717) is 12.5 Å². The highest BCUT2D eigenvalue weighted by Gasteiger charge is 2.35. The number of hydrogen-bond donors (Lipinski definition) is 1. The number of carbonyl (C=O) groups is 1. The maximum absolute atomic E-state index is 12.4. The van der Waals surface area contributed by atoms with E-state index in [9.17, 15) is 9.90 Å². The lowest BCUT2D eigenvalue weighted by molar-refractivity contribution is -0.131. The number of aliphatic hydroxyl groups is 1. The van der Waals surface area contributed by atoms with Crippen molar-refractivity contribution in [2.24, 2.45) is 11.8 Å². The summed E-state index contributed by atoms with van der Waals surface area (Å²) in [6, 6.07) is 0. The molecule has 0 spiro atoms. The lowest BCUT2D eigenvalue weighted by Crippen LogP contribution is -2.35. The van der Waals surface area contributed by atoms with Crippen molar-refractivity contribution in [3.05, 3.63) is 12.7 Å². The molecule has 3 heterocycles. The first-order valence-electron chi connectivity index (χ1n) is 8.69. The number of aromatic nitrogens is 3. The fraction of sp³-hybridized carbons (Fsp3) is 0.812. The van der Waals surface area contributed by atoms with Crippen molar-refractivity contribution >= 4 is 5.91 Å². The normalized spacial score (nSPS) is 26.4. The van der Waals surface area contributed by atoms with Gasteiger partial charge in [-0.1, -0.05) is 12.8 Å². The van der Waals surface area contributed by atoms with Crippen LogP contribution >= 0.6 is 0 Å². The van der Waals surface area contributed by atoms with Crippen molar-refractivity contribution in [3.8, 4) is 0 Å². The summed E-state index contributed by atoms with van der Waals surface area (Å²) in [5, 5.41) is 17.2. The maximum atomic E-state index is 12.4. The first-order chi connectivity index (χ1) is 11.3. The molecule has 2 aliphatic heterocycles. The summed E-state index contributed by atoms with van der Waals surface area (Å²) in [5.41, 5.74) is 0. The zero-order valence-corrected chi connectivity index (χ0v) is 13.7. The number of rotatable bonds is 5. The molecule has 2 atom stereocenters. The van der Waals surface area contributed by atoms with Gasteiger partial charge in [0.25, 0.3) is 0 Å². The van der Waals surface area contributed by atoms with E-state index < -0.39 is 0 Å². The summed E-state index contributed by atoms with van der Waals surface area (Å²) >= 11 is 0. The quantitative estimate of drug-likeness (QED) is 0.840. The highest BCUT2D eigenvalue weighted by molar-refractivity contribution is 5.76. The Labute approximate surface area is 137 Å². The van der Waals surface area contributed by atoms with Gasteiger partial charge in [-0.25, -0.2) is 0 Å². The van der Waals surface area contributed by atoms with E-state index >= 15 is 0 Å². The molecule has 2 saturated heterocycles. The second-order valence-corrected chi connectivity index (χ2v) is 6.85. The van der Waals surface area contributed by atoms with Gasteiger partial charge in [0.15, 0.2) is 0 Å². The summed E-state index contributed by atoms with van der Waals surface area (Å²) in [5.74, 6) is 0.660. The van der Waals surface area contributed by atoms with Crippen molar-refractivity contribution in [3.63, 3.8) is 0 Å². The summed E-state index contributed by atoms with van der Waals surface area (Å²) in [6.45, 7) is 5.17. The van der Waals surface area contributed by atoms with Crippen LogP contribution < -0.4 is 0 Å². The van der Waals surface area contributed by atoms with Gasteiger partial charge in [0.2, 0.25) is 5.91 Å². The maximum Gasteiger partial charge on any atom is 0.242 e. The number of nitrogens with zero attached hydrogens (tertiary/aromatic N) is 5. The molecular weight excluding hydrogens is 294 g/mol. The van der Waals surface area contributed by atoms with Gasteiger partial charge in [0.1, 0.15) is 19.2 Å². The Kier molecular flexibility index (Phi) is 5.61. The van der Waals surface area contributed by atoms with Crippen LogP contribution in [0.2, 0.25) is 0 Å². The Morgan fingerprint density at radius 2 is 1.70 bits per heavy atom. The summed E-state index contributed by atoms with van der Waals surface area (Å²) < 4.78 is 1.69. The molecule has 7 nitrogen and oxygen atoms in total. The van der Waals surface area contributed by atoms with Crippen LogP contribution in [0.5, 0.6) is 0 Å². The number of hydrogen-bond acceptors (Lipinski definition) is 5.